The number of esters is 1. The summed E-state index contributed by atoms with van der Waals surface area (Å²) in [5.74, 6) is 6.44. The molecule has 132 valence electrons. The highest BCUT2D eigenvalue weighted by molar-refractivity contribution is 6.10. The summed E-state index contributed by atoms with van der Waals surface area (Å²) in [5, 5.41) is 0. The highest BCUT2D eigenvalue weighted by Crippen LogP contribution is 2.17. The molecule has 2 aromatic rings. The van der Waals surface area contributed by atoms with Gasteiger partial charge in [0.1, 0.15) is 12.5 Å². The van der Waals surface area contributed by atoms with E-state index in [4.69, 9.17) is 4.74 Å². The van der Waals surface area contributed by atoms with E-state index in [0.29, 0.717) is 13.2 Å². The normalized spacial score (nSPS) is 18.4. The van der Waals surface area contributed by atoms with Crippen molar-refractivity contribution in [3.8, 4) is 11.8 Å². The van der Waals surface area contributed by atoms with Gasteiger partial charge >= 0.3 is 5.97 Å². The molecule has 1 saturated heterocycles. The van der Waals surface area contributed by atoms with Crippen LogP contribution in [0.2, 0.25) is 0 Å². The lowest BCUT2D eigenvalue weighted by molar-refractivity contribution is -0.541. The molecule has 0 spiro atoms. The highest BCUT2D eigenvalue weighted by Gasteiger charge is 2.31. The van der Waals surface area contributed by atoms with Crippen LogP contribution in [0.4, 0.5) is 0 Å². The number of hydrogen-bond donors (Lipinski definition) is 0. The van der Waals surface area contributed by atoms with Gasteiger partial charge in [-0.2, -0.15) is 0 Å². The topological polar surface area (TPSA) is 29.3 Å². The van der Waals surface area contributed by atoms with Gasteiger partial charge in [-0.3, -0.25) is 4.79 Å². The second-order valence-electron chi connectivity index (χ2n) is 6.37. The largest absolute Gasteiger partial charge is 0.466 e. The number of carbonyl (C=O) groups excluding carboxylic acids is 1. The van der Waals surface area contributed by atoms with Gasteiger partial charge in [0, 0.05) is 17.9 Å². The summed E-state index contributed by atoms with van der Waals surface area (Å²) < 4.78 is 7.47. The molecule has 0 amide bonds. The van der Waals surface area contributed by atoms with Crippen LogP contribution < -0.4 is 0 Å². The summed E-state index contributed by atoms with van der Waals surface area (Å²) in [7, 11) is 0. The van der Waals surface area contributed by atoms with E-state index in [9.17, 15) is 4.79 Å². The van der Waals surface area contributed by atoms with E-state index in [-0.39, 0.29) is 11.9 Å². The third-order valence-corrected chi connectivity index (χ3v) is 4.50. The zero-order valence-electron chi connectivity index (χ0n) is 15.2. The monoisotopic (exact) mass is 346 g/mol. The number of nitrogens with zero attached hydrogens (tertiary/aromatic N) is 1. The minimum atomic E-state index is -0.0966. The number of hydrogen-bond acceptors (Lipinski definition) is 2. The number of carbonyl (C=O) groups is 1. The molecule has 3 nitrogen and oxygen atoms in total. The van der Waals surface area contributed by atoms with Crippen molar-refractivity contribution in [3.05, 3.63) is 71.8 Å². The van der Waals surface area contributed by atoms with Gasteiger partial charge in [-0.25, -0.2) is 4.58 Å². The Hall–Kier alpha value is -2.86. The zero-order valence-corrected chi connectivity index (χ0v) is 15.2. The van der Waals surface area contributed by atoms with Crippen LogP contribution >= 0.6 is 0 Å². The van der Waals surface area contributed by atoms with Crippen molar-refractivity contribution >= 4 is 11.7 Å². The fourth-order valence-corrected chi connectivity index (χ4v) is 3.22. The maximum Gasteiger partial charge on any atom is 0.315 e. The smallest absolute Gasteiger partial charge is 0.315 e. The number of piperidine rings is 1. The Bertz CT molecular complexity index is 829. The molecular weight excluding hydrogens is 322 g/mol. The van der Waals surface area contributed by atoms with Crippen LogP contribution in [0.5, 0.6) is 0 Å². The van der Waals surface area contributed by atoms with Crippen LogP contribution in [0.15, 0.2) is 60.7 Å². The van der Waals surface area contributed by atoms with Gasteiger partial charge in [0.05, 0.1) is 12.2 Å². The van der Waals surface area contributed by atoms with Gasteiger partial charge in [0.15, 0.2) is 6.54 Å². The number of benzene rings is 2. The summed E-state index contributed by atoms with van der Waals surface area (Å²) in [5.41, 5.74) is 3.05. The van der Waals surface area contributed by atoms with Crippen LogP contribution in [-0.4, -0.2) is 36.0 Å². The molecule has 1 atom stereocenters. The molecule has 0 saturated carbocycles. The lowest BCUT2D eigenvalue weighted by atomic mass is 9.98. The molecule has 1 unspecified atom stereocenters. The van der Waals surface area contributed by atoms with Crippen molar-refractivity contribution in [2.24, 2.45) is 5.92 Å². The Morgan fingerprint density at radius 3 is 2.50 bits per heavy atom. The van der Waals surface area contributed by atoms with Crippen LogP contribution in [0.1, 0.15) is 30.9 Å². The summed E-state index contributed by atoms with van der Waals surface area (Å²) in [4.78, 5) is 12.2. The van der Waals surface area contributed by atoms with E-state index in [1.54, 1.807) is 0 Å². The van der Waals surface area contributed by atoms with Gasteiger partial charge in [0.2, 0.25) is 0 Å². The van der Waals surface area contributed by atoms with E-state index in [0.717, 1.165) is 36.2 Å². The van der Waals surface area contributed by atoms with Crippen molar-refractivity contribution < 1.29 is 14.1 Å². The summed E-state index contributed by atoms with van der Waals surface area (Å²) in [6, 6.07) is 20.2. The molecule has 2 aromatic carbocycles. The van der Waals surface area contributed by atoms with E-state index >= 15 is 0 Å². The van der Waals surface area contributed by atoms with Crippen LogP contribution in [0.3, 0.4) is 0 Å². The molecule has 0 aliphatic carbocycles. The van der Waals surface area contributed by atoms with Crippen molar-refractivity contribution in [1.82, 2.24) is 0 Å². The molecule has 3 heteroatoms. The fourth-order valence-electron chi connectivity index (χ4n) is 3.22. The summed E-state index contributed by atoms with van der Waals surface area (Å²) >= 11 is 0. The molecular formula is C23H24NO2+. The Morgan fingerprint density at radius 1 is 1.12 bits per heavy atom. The first kappa shape index (κ1) is 17.9. The molecule has 3 rings (SSSR count). The van der Waals surface area contributed by atoms with E-state index in [1.807, 2.05) is 55.5 Å². The maximum absolute atomic E-state index is 12.2. The Balaban J connectivity index is 1.96. The predicted molar refractivity (Wildman–Crippen MR) is 103 cm³/mol. The second kappa shape index (κ2) is 9.01. The predicted octanol–water partition coefficient (Wildman–Crippen LogP) is 3.51. The highest BCUT2D eigenvalue weighted by atomic mass is 16.5. The molecule has 1 heterocycles. The third-order valence-electron chi connectivity index (χ3n) is 4.50. The first-order valence-electron chi connectivity index (χ1n) is 9.19. The molecule has 0 aromatic heterocycles. The molecule has 0 radical (unpaired) electrons. The van der Waals surface area contributed by atoms with Crippen LogP contribution in [0.25, 0.3) is 0 Å². The molecule has 26 heavy (non-hydrogen) atoms. The van der Waals surface area contributed by atoms with Crippen LogP contribution in [-0.2, 0) is 9.53 Å². The second-order valence-corrected chi connectivity index (χ2v) is 6.37. The van der Waals surface area contributed by atoms with E-state index in [2.05, 4.69) is 28.5 Å². The van der Waals surface area contributed by atoms with Crippen molar-refractivity contribution in [1.29, 1.82) is 0 Å². The Morgan fingerprint density at radius 2 is 1.81 bits per heavy atom. The minimum absolute atomic E-state index is 0.0825. The van der Waals surface area contributed by atoms with Crippen molar-refractivity contribution in [3.63, 3.8) is 0 Å². The maximum atomic E-state index is 12.2. The van der Waals surface area contributed by atoms with Crippen LogP contribution in [0, 0.1) is 17.8 Å². The summed E-state index contributed by atoms with van der Waals surface area (Å²) in [6.45, 7) is 3.85. The number of rotatable bonds is 3. The van der Waals surface area contributed by atoms with Crippen molar-refractivity contribution in [2.75, 3.05) is 19.7 Å². The molecule has 1 aliphatic heterocycles. The van der Waals surface area contributed by atoms with Crippen molar-refractivity contribution in [2.45, 2.75) is 19.8 Å². The zero-order chi connectivity index (χ0) is 18.2. The lowest BCUT2D eigenvalue weighted by Crippen LogP contribution is -2.37. The molecule has 0 bridgehead atoms. The molecule has 1 aliphatic rings. The van der Waals surface area contributed by atoms with Gasteiger partial charge in [-0.05, 0) is 37.6 Å². The first-order valence-corrected chi connectivity index (χ1v) is 9.19. The average Bonchev–Trinajstić information content (AvgIpc) is 2.70. The van der Waals surface area contributed by atoms with E-state index in [1.165, 1.54) is 0 Å². The summed E-state index contributed by atoms with van der Waals surface area (Å²) in [6.07, 6.45) is 1.84. The SMILES string of the molecule is CCOC(=O)C1CCC[N+](=C(C#Cc2ccccc2)c2ccccc2)C1. The molecule has 1 fully saturated rings. The first-order chi connectivity index (χ1) is 12.8. The van der Waals surface area contributed by atoms with Gasteiger partial charge in [-0.15, -0.1) is 0 Å². The lowest BCUT2D eigenvalue weighted by Gasteiger charge is -2.20. The van der Waals surface area contributed by atoms with Gasteiger partial charge in [0.25, 0.3) is 5.71 Å². The minimum Gasteiger partial charge on any atom is -0.466 e. The third kappa shape index (κ3) is 4.61. The Kier molecular flexibility index (Phi) is 6.22. The quantitative estimate of drug-likeness (QED) is 0.483. The average molecular weight is 346 g/mol. The standard InChI is InChI=1S/C23H24NO2/c1-2-26-23(25)21-14-9-17-24(18-21)22(20-12-7-4-8-13-20)16-15-19-10-5-3-6-11-19/h3-8,10-13,21H,2,9,14,17-18H2,1H3/q+1. The Labute approximate surface area is 155 Å². The van der Waals surface area contributed by atoms with Gasteiger partial charge in [-0.1, -0.05) is 42.3 Å². The fraction of sp³-hybridized carbons (Fsp3) is 0.304. The number of ether oxygens (including phenoxy) is 1. The molecule has 0 N–H and O–H groups in total. The van der Waals surface area contributed by atoms with E-state index < -0.39 is 0 Å². The van der Waals surface area contributed by atoms with Gasteiger partial charge < -0.3 is 4.74 Å².